The number of hydrogen-bond donors (Lipinski definition) is 0. The van der Waals surface area contributed by atoms with Gasteiger partial charge in [-0.3, -0.25) is 23.7 Å². The highest BCUT2D eigenvalue weighted by atomic mass is 16.2. The summed E-state index contributed by atoms with van der Waals surface area (Å²) in [6.45, 7) is 1.71. The van der Waals surface area contributed by atoms with Gasteiger partial charge in [0.25, 0.3) is 5.56 Å². The number of nitrogens with zero attached hydrogens (tertiary/aromatic N) is 2. The Morgan fingerprint density at radius 3 is 2.58 bits per heavy atom. The van der Waals surface area contributed by atoms with Crippen LogP contribution in [-0.2, 0) is 27.2 Å². The number of Topliss-reactive ketones (excluding diaryl/α,β-unsaturated/α-hetero) is 3. The van der Waals surface area contributed by atoms with Crippen LogP contribution in [0.3, 0.4) is 0 Å². The number of carbonyl (C=O) groups excluding carboxylic acids is 3. The molecule has 0 radical (unpaired) electrons. The zero-order valence-corrected chi connectivity index (χ0v) is 17.5. The first kappa shape index (κ1) is 20.8. The summed E-state index contributed by atoms with van der Waals surface area (Å²) in [7, 11) is 0. The van der Waals surface area contributed by atoms with E-state index in [9.17, 15) is 19.2 Å². The molecule has 0 bridgehead atoms. The van der Waals surface area contributed by atoms with Gasteiger partial charge in [0.15, 0.2) is 5.78 Å². The lowest BCUT2D eigenvalue weighted by atomic mass is 9.92. The van der Waals surface area contributed by atoms with E-state index in [1.807, 2.05) is 42.5 Å². The smallest absolute Gasteiger partial charge is 0.262 e. The minimum atomic E-state index is -0.658. The minimum absolute atomic E-state index is 0.0849. The fourth-order valence-electron chi connectivity index (χ4n) is 4.32. The van der Waals surface area contributed by atoms with Gasteiger partial charge in [0, 0.05) is 19.3 Å². The first-order valence-electron chi connectivity index (χ1n) is 10.5. The normalized spacial score (nSPS) is 16.6. The van der Waals surface area contributed by atoms with Crippen molar-refractivity contribution < 1.29 is 14.4 Å². The van der Waals surface area contributed by atoms with E-state index in [1.165, 1.54) is 4.57 Å². The quantitative estimate of drug-likeness (QED) is 0.576. The maximum atomic E-state index is 13.4. The molecule has 2 aromatic carbocycles. The highest BCUT2D eigenvalue weighted by Gasteiger charge is 2.31. The Morgan fingerprint density at radius 2 is 1.84 bits per heavy atom. The predicted octanol–water partition coefficient (Wildman–Crippen LogP) is 3.31. The number of rotatable bonds is 6. The van der Waals surface area contributed by atoms with Crippen LogP contribution in [-0.4, -0.2) is 26.9 Å². The number of hydrogen-bond acceptors (Lipinski definition) is 5. The molecule has 158 valence electrons. The van der Waals surface area contributed by atoms with E-state index in [2.05, 4.69) is 4.98 Å². The summed E-state index contributed by atoms with van der Waals surface area (Å²) in [5.41, 5.74) is 2.01. The summed E-state index contributed by atoms with van der Waals surface area (Å²) in [5, 5.41) is 0.449. The monoisotopic (exact) mass is 416 g/mol. The van der Waals surface area contributed by atoms with Crippen molar-refractivity contribution in [3.8, 4) is 0 Å². The Hall–Kier alpha value is -3.41. The Labute approximate surface area is 179 Å². The summed E-state index contributed by atoms with van der Waals surface area (Å²) in [5.74, 6) is 0.239. The molecule has 0 spiro atoms. The molecule has 0 N–H and O–H groups in total. The van der Waals surface area contributed by atoms with Crippen LogP contribution in [0.1, 0.15) is 48.7 Å². The highest BCUT2D eigenvalue weighted by Crippen LogP contribution is 2.25. The van der Waals surface area contributed by atoms with Crippen LogP contribution >= 0.6 is 0 Å². The molecule has 0 saturated heterocycles. The minimum Gasteiger partial charge on any atom is -0.299 e. The molecule has 1 heterocycles. The fourth-order valence-corrected chi connectivity index (χ4v) is 4.32. The number of fused-ring (bicyclic) bond motifs is 1. The average Bonchev–Trinajstić information content (AvgIpc) is 2.74. The van der Waals surface area contributed by atoms with E-state index in [0.717, 1.165) is 11.1 Å². The molecule has 1 fully saturated rings. The molecule has 1 atom stereocenters. The van der Waals surface area contributed by atoms with Crippen molar-refractivity contribution >= 4 is 28.3 Å². The van der Waals surface area contributed by atoms with Gasteiger partial charge in [-0.25, -0.2) is 4.98 Å². The molecule has 6 heteroatoms. The summed E-state index contributed by atoms with van der Waals surface area (Å²) in [6, 6.07) is 14.4. The van der Waals surface area contributed by atoms with Gasteiger partial charge in [0.05, 0.1) is 23.4 Å². The predicted molar refractivity (Wildman–Crippen MR) is 117 cm³/mol. The third-order valence-electron chi connectivity index (χ3n) is 5.86. The molecule has 31 heavy (non-hydrogen) atoms. The molecular weight excluding hydrogens is 392 g/mol. The molecule has 3 aromatic rings. The Kier molecular flexibility index (Phi) is 5.89. The lowest BCUT2D eigenvalue weighted by Gasteiger charge is -2.24. The number of aromatic nitrogens is 2. The van der Waals surface area contributed by atoms with E-state index in [1.54, 1.807) is 13.0 Å². The van der Waals surface area contributed by atoms with Gasteiger partial charge in [-0.2, -0.15) is 0 Å². The third kappa shape index (κ3) is 4.38. The maximum Gasteiger partial charge on any atom is 0.262 e. The lowest BCUT2D eigenvalue weighted by molar-refractivity contribution is -0.132. The van der Waals surface area contributed by atoms with E-state index in [0.29, 0.717) is 42.4 Å². The van der Waals surface area contributed by atoms with E-state index >= 15 is 0 Å². The maximum absolute atomic E-state index is 13.4. The van der Waals surface area contributed by atoms with Crippen molar-refractivity contribution in [2.75, 3.05) is 0 Å². The van der Waals surface area contributed by atoms with Crippen molar-refractivity contribution in [1.29, 1.82) is 0 Å². The second kappa shape index (κ2) is 8.76. The average molecular weight is 416 g/mol. The van der Waals surface area contributed by atoms with Gasteiger partial charge in [-0.15, -0.1) is 0 Å². The molecule has 1 aliphatic carbocycles. The fraction of sp³-hybridized carbons (Fsp3) is 0.320. The Bertz CT molecular complexity index is 1230. The van der Waals surface area contributed by atoms with Crippen LogP contribution in [0.5, 0.6) is 0 Å². The standard InChI is InChI=1S/C25H24N2O4/c1-16-26-21-9-5-8-18(10-11-19(28)14-17-6-3-2-4-7-17)24(21)25(31)27(16)22-13-12-20(29)15-23(22)30/h2-9,22H,10-15H2,1H3. The van der Waals surface area contributed by atoms with Crippen molar-refractivity contribution in [1.82, 2.24) is 9.55 Å². The van der Waals surface area contributed by atoms with Gasteiger partial charge in [0.2, 0.25) is 0 Å². The summed E-state index contributed by atoms with van der Waals surface area (Å²) in [4.78, 5) is 54.5. The second-order valence-corrected chi connectivity index (χ2v) is 8.08. The molecule has 0 amide bonds. The SMILES string of the molecule is Cc1nc2cccc(CCC(=O)Cc3ccccc3)c2c(=O)n1C1CCC(=O)CC1=O. The van der Waals surface area contributed by atoms with Crippen LogP contribution < -0.4 is 5.56 Å². The summed E-state index contributed by atoms with van der Waals surface area (Å²) >= 11 is 0. The molecule has 1 unspecified atom stereocenters. The topological polar surface area (TPSA) is 86.1 Å². The summed E-state index contributed by atoms with van der Waals surface area (Å²) in [6.07, 6.45) is 1.58. The zero-order chi connectivity index (χ0) is 22.0. The van der Waals surface area contributed by atoms with E-state index in [-0.39, 0.29) is 35.8 Å². The molecule has 0 aliphatic heterocycles. The number of carbonyl (C=O) groups is 3. The molecule has 1 aliphatic rings. The van der Waals surface area contributed by atoms with Crippen LogP contribution in [0, 0.1) is 6.92 Å². The van der Waals surface area contributed by atoms with Gasteiger partial charge < -0.3 is 0 Å². The first-order valence-corrected chi connectivity index (χ1v) is 10.5. The first-order chi connectivity index (χ1) is 14.9. The van der Waals surface area contributed by atoms with Crippen LogP contribution in [0.4, 0.5) is 0 Å². The van der Waals surface area contributed by atoms with Crippen molar-refractivity contribution in [2.24, 2.45) is 0 Å². The van der Waals surface area contributed by atoms with E-state index in [4.69, 9.17) is 0 Å². The highest BCUT2D eigenvalue weighted by molar-refractivity contribution is 6.03. The van der Waals surface area contributed by atoms with Gasteiger partial charge in [-0.05, 0) is 37.0 Å². The molecular formula is C25H24N2O4. The second-order valence-electron chi connectivity index (χ2n) is 8.08. The van der Waals surface area contributed by atoms with Crippen molar-refractivity contribution in [3.05, 3.63) is 75.8 Å². The van der Waals surface area contributed by atoms with Gasteiger partial charge >= 0.3 is 0 Å². The zero-order valence-electron chi connectivity index (χ0n) is 17.5. The van der Waals surface area contributed by atoms with E-state index < -0.39 is 6.04 Å². The van der Waals surface area contributed by atoms with Crippen LogP contribution in [0.2, 0.25) is 0 Å². The third-order valence-corrected chi connectivity index (χ3v) is 5.86. The van der Waals surface area contributed by atoms with Crippen molar-refractivity contribution in [2.45, 2.75) is 51.5 Å². The Morgan fingerprint density at radius 1 is 1.06 bits per heavy atom. The Balaban J connectivity index is 1.64. The number of ketones is 3. The molecule has 1 saturated carbocycles. The number of aryl methyl sites for hydroxylation is 2. The molecule has 1 aromatic heterocycles. The molecule has 6 nitrogen and oxygen atoms in total. The molecule has 4 rings (SSSR count). The number of benzene rings is 2. The van der Waals surface area contributed by atoms with Crippen molar-refractivity contribution in [3.63, 3.8) is 0 Å². The van der Waals surface area contributed by atoms with Crippen LogP contribution in [0.25, 0.3) is 10.9 Å². The van der Waals surface area contributed by atoms with Gasteiger partial charge in [-0.1, -0.05) is 42.5 Å². The van der Waals surface area contributed by atoms with Gasteiger partial charge in [0.1, 0.15) is 17.4 Å². The van der Waals surface area contributed by atoms with Crippen LogP contribution in [0.15, 0.2) is 53.3 Å². The largest absolute Gasteiger partial charge is 0.299 e. The summed E-state index contributed by atoms with van der Waals surface area (Å²) < 4.78 is 1.44. The lowest BCUT2D eigenvalue weighted by Crippen LogP contribution is -2.36.